The fourth-order valence-electron chi connectivity index (χ4n) is 7.26. The Hall–Kier alpha value is -5.67. The van der Waals surface area contributed by atoms with E-state index in [0.29, 0.717) is 25.4 Å². The maximum absolute atomic E-state index is 14.6. The Morgan fingerprint density at radius 1 is 0.862 bits per heavy atom. The third-order valence-electron chi connectivity index (χ3n) is 10.3. The minimum Gasteiger partial charge on any atom is -0.497 e. The fourth-order valence-corrected chi connectivity index (χ4v) is 7.26. The Bertz CT molecular complexity index is 2010. The second-order valence-electron chi connectivity index (χ2n) is 16.9. The van der Waals surface area contributed by atoms with E-state index in [9.17, 15) is 24.3 Å². The molecule has 4 aromatic rings. The molecular weight excluding hydrogens is 741 g/mol. The SMILES string of the molecule is COC(=O)NC(C(=O)NN(Cc1ccc(OC)cc1)CC(O)C(Cc1ccccc1)NC(=O)C(N1CCN(Cc2[nH]nc3ccccc23)C1=O)C(C)(C)C)C(C)(C)C. The standard InChI is InChI=1S/C43H58N8O7/c1-42(2,3)36(45-40(55)58-8)38(53)48-50(25-29-18-20-30(57-7)21-19-29)27-35(52)33(24-28-14-10-9-11-15-28)44-39(54)37(43(4,5)6)51-23-22-49(41(51)56)26-34-31-16-12-13-17-32(31)46-47-34/h9-21,33,35-37,52H,22-27H2,1-8H3,(H,44,54)(H,45,55)(H,46,47)(H,48,53). The smallest absolute Gasteiger partial charge is 0.407 e. The molecule has 0 bridgehead atoms. The highest BCUT2D eigenvalue weighted by Gasteiger charge is 2.44. The van der Waals surface area contributed by atoms with Crippen LogP contribution in [-0.4, -0.2) is 112 Å². The lowest BCUT2D eigenvalue weighted by Gasteiger charge is -2.38. The van der Waals surface area contributed by atoms with Crippen LogP contribution in [0.3, 0.4) is 0 Å². The zero-order valence-electron chi connectivity index (χ0n) is 34.7. The van der Waals surface area contributed by atoms with Gasteiger partial charge in [0.15, 0.2) is 0 Å². The molecule has 58 heavy (non-hydrogen) atoms. The molecule has 5 amide bonds. The van der Waals surface area contributed by atoms with Gasteiger partial charge in [-0.2, -0.15) is 5.10 Å². The topological polar surface area (TPSA) is 181 Å². The van der Waals surface area contributed by atoms with Crippen LogP contribution in [0.25, 0.3) is 10.9 Å². The highest BCUT2D eigenvalue weighted by Crippen LogP contribution is 2.30. The first-order valence-electron chi connectivity index (χ1n) is 19.5. The van der Waals surface area contributed by atoms with E-state index in [1.807, 2.05) is 108 Å². The lowest BCUT2D eigenvalue weighted by molar-refractivity contribution is -0.133. The van der Waals surface area contributed by atoms with Crippen LogP contribution >= 0.6 is 0 Å². The second kappa shape index (κ2) is 18.7. The maximum atomic E-state index is 14.6. The molecular formula is C43H58N8O7. The largest absolute Gasteiger partial charge is 0.497 e. The van der Waals surface area contributed by atoms with Gasteiger partial charge in [0.2, 0.25) is 5.91 Å². The monoisotopic (exact) mass is 798 g/mol. The molecule has 1 aliphatic rings. The third-order valence-corrected chi connectivity index (χ3v) is 10.3. The molecule has 0 radical (unpaired) electrons. The van der Waals surface area contributed by atoms with Crippen LogP contribution in [0.4, 0.5) is 9.59 Å². The van der Waals surface area contributed by atoms with Crippen molar-refractivity contribution in [2.45, 2.75) is 85.3 Å². The number of benzene rings is 3. The van der Waals surface area contributed by atoms with Crippen molar-refractivity contribution >= 4 is 34.8 Å². The summed E-state index contributed by atoms with van der Waals surface area (Å²) >= 11 is 0. The van der Waals surface area contributed by atoms with E-state index in [1.54, 1.807) is 34.1 Å². The van der Waals surface area contributed by atoms with E-state index in [-0.39, 0.29) is 25.5 Å². The molecule has 1 fully saturated rings. The number of carbonyl (C=O) groups is 4. The molecule has 5 rings (SSSR count). The summed E-state index contributed by atoms with van der Waals surface area (Å²) in [5.41, 5.74) is 4.83. The number of amides is 5. The number of ether oxygens (including phenoxy) is 2. The number of nitrogens with zero attached hydrogens (tertiary/aromatic N) is 4. The minimum atomic E-state index is -1.22. The number of carbonyl (C=O) groups excluding carboxylic acids is 4. The molecule has 4 unspecified atom stereocenters. The van der Waals surface area contributed by atoms with Crippen LogP contribution in [0.5, 0.6) is 5.75 Å². The molecule has 0 spiro atoms. The van der Waals surface area contributed by atoms with Crippen LogP contribution in [-0.2, 0) is 33.8 Å². The quantitative estimate of drug-likeness (QED) is 0.101. The van der Waals surface area contributed by atoms with Crippen molar-refractivity contribution in [1.82, 2.24) is 41.1 Å². The number of aromatic nitrogens is 2. The predicted molar refractivity (Wildman–Crippen MR) is 220 cm³/mol. The summed E-state index contributed by atoms with van der Waals surface area (Å²) in [6, 6.07) is 21.5. The molecule has 5 N–H and O–H groups in total. The first kappa shape index (κ1) is 43.5. The number of aromatic amines is 1. The number of hydrogen-bond acceptors (Lipinski definition) is 9. The zero-order valence-corrected chi connectivity index (χ0v) is 34.7. The normalized spacial score (nSPS) is 15.5. The molecule has 3 aromatic carbocycles. The van der Waals surface area contributed by atoms with Crippen LogP contribution in [0.1, 0.15) is 58.4 Å². The highest BCUT2D eigenvalue weighted by molar-refractivity contribution is 5.89. The number of alkyl carbamates (subject to hydrolysis) is 1. The van der Waals surface area contributed by atoms with Crippen molar-refractivity contribution in [3.8, 4) is 5.75 Å². The van der Waals surface area contributed by atoms with Gasteiger partial charge in [0.1, 0.15) is 17.8 Å². The van der Waals surface area contributed by atoms with E-state index in [4.69, 9.17) is 9.47 Å². The van der Waals surface area contributed by atoms with E-state index < -0.39 is 53.0 Å². The number of para-hydroxylation sites is 1. The van der Waals surface area contributed by atoms with Gasteiger partial charge in [-0.25, -0.2) is 14.6 Å². The van der Waals surface area contributed by atoms with Crippen LogP contribution in [0.2, 0.25) is 0 Å². The molecule has 2 heterocycles. The van der Waals surface area contributed by atoms with Gasteiger partial charge in [0, 0.05) is 31.6 Å². The molecule has 1 saturated heterocycles. The first-order valence-corrected chi connectivity index (χ1v) is 19.5. The number of hydrogen-bond donors (Lipinski definition) is 5. The van der Waals surface area contributed by atoms with Crippen molar-refractivity contribution in [1.29, 1.82) is 0 Å². The summed E-state index contributed by atoms with van der Waals surface area (Å²) < 4.78 is 10.1. The van der Waals surface area contributed by atoms with Crippen LogP contribution in [0.15, 0.2) is 78.9 Å². The summed E-state index contributed by atoms with van der Waals surface area (Å²) in [5.74, 6) is -0.270. The van der Waals surface area contributed by atoms with Gasteiger partial charge in [-0.05, 0) is 46.6 Å². The molecule has 4 atom stereocenters. The Morgan fingerprint density at radius 2 is 1.53 bits per heavy atom. The van der Waals surface area contributed by atoms with Crippen molar-refractivity contribution in [2.24, 2.45) is 10.8 Å². The number of fused-ring (bicyclic) bond motifs is 1. The molecule has 0 saturated carbocycles. The average Bonchev–Trinajstić information content (AvgIpc) is 3.75. The minimum absolute atomic E-state index is 0.112. The van der Waals surface area contributed by atoms with Gasteiger partial charge < -0.3 is 35.0 Å². The Balaban J connectivity index is 1.40. The Morgan fingerprint density at radius 3 is 2.17 bits per heavy atom. The second-order valence-corrected chi connectivity index (χ2v) is 16.9. The number of hydrazine groups is 1. The average molecular weight is 799 g/mol. The highest BCUT2D eigenvalue weighted by atomic mass is 16.5. The number of aliphatic hydroxyl groups is 1. The molecule has 312 valence electrons. The molecule has 15 nitrogen and oxygen atoms in total. The van der Waals surface area contributed by atoms with E-state index in [1.165, 1.54) is 7.11 Å². The lowest BCUT2D eigenvalue weighted by atomic mass is 9.84. The van der Waals surface area contributed by atoms with Gasteiger partial charge in [-0.3, -0.25) is 20.1 Å². The van der Waals surface area contributed by atoms with Crippen LogP contribution in [0, 0.1) is 10.8 Å². The number of rotatable bonds is 16. The van der Waals surface area contributed by atoms with Crippen molar-refractivity contribution < 1.29 is 33.8 Å². The van der Waals surface area contributed by atoms with Crippen molar-refractivity contribution in [2.75, 3.05) is 33.9 Å². The zero-order chi connectivity index (χ0) is 42.2. The summed E-state index contributed by atoms with van der Waals surface area (Å²) in [7, 11) is 2.80. The third kappa shape index (κ3) is 11.0. The van der Waals surface area contributed by atoms with E-state index in [2.05, 4.69) is 26.3 Å². The number of H-pyrrole nitrogens is 1. The molecule has 1 aromatic heterocycles. The number of nitrogens with one attached hydrogen (secondary N) is 4. The lowest BCUT2D eigenvalue weighted by Crippen LogP contribution is -2.61. The summed E-state index contributed by atoms with van der Waals surface area (Å²) in [6.07, 6.45) is -1.72. The van der Waals surface area contributed by atoms with Gasteiger partial charge in [0.25, 0.3) is 5.91 Å². The van der Waals surface area contributed by atoms with E-state index >= 15 is 0 Å². The summed E-state index contributed by atoms with van der Waals surface area (Å²) in [6.45, 7) is 12.3. The Labute approximate surface area is 340 Å². The first-order chi connectivity index (χ1) is 27.5. The molecule has 15 heteroatoms. The summed E-state index contributed by atoms with van der Waals surface area (Å²) in [5, 5.41) is 27.8. The van der Waals surface area contributed by atoms with Gasteiger partial charge in [0.05, 0.1) is 44.1 Å². The van der Waals surface area contributed by atoms with Crippen molar-refractivity contribution in [3.05, 3.63) is 95.7 Å². The predicted octanol–water partition coefficient (Wildman–Crippen LogP) is 4.62. The summed E-state index contributed by atoms with van der Waals surface area (Å²) in [4.78, 5) is 58.1. The number of methoxy groups -OCH3 is 2. The fraction of sp³-hybridized carbons (Fsp3) is 0.465. The van der Waals surface area contributed by atoms with Gasteiger partial charge in [-0.1, -0.05) is 102 Å². The molecule has 0 aliphatic carbocycles. The Kier molecular flexibility index (Phi) is 14.0. The number of urea groups is 1. The van der Waals surface area contributed by atoms with Gasteiger partial charge >= 0.3 is 12.1 Å². The number of aliphatic hydroxyl groups excluding tert-OH is 1. The maximum Gasteiger partial charge on any atom is 0.407 e. The van der Waals surface area contributed by atoms with Crippen LogP contribution < -0.4 is 20.8 Å². The van der Waals surface area contributed by atoms with Crippen molar-refractivity contribution in [3.63, 3.8) is 0 Å². The van der Waals surface area contributed by atoms with Gasteiger partial charge in [-0.15, -0.1) is 0 Å². The van der Waals surface area contributed by atoms with E-state index in [0.717, 1.165) is 27.7 Å². The molecule has 1 aliphatic heterocycles.